The van der Waals surface area contributed by atoms with Gasteiger partial charge in [-0.05, 0) is 171 Å². The average molecular weight is 1940 g/mol. The van der Waals surface area contributed by atoms with E-state index in [9.17, 15) is 0 Å². The van der Waals surface area contributed by atoms with Crippen LogP contribution in [0.3, 0.4) is 0 Å². The van der Waals surface area contributed by atoms with E-state index in [1.165, 1.54) is 94.6 Å². The summed E-state index contributed by atoms with van der Waals surface area (Å²) in [4.78, 5) is 39.7. The van der Waals surface area contributed by atoms with E-state index in [4.69, 9.17) is 39.9 Å². The highest BCUT2D eigenvalue weighted by Crippen LogP contribution is 2.52. The molecule has 0 fully saturated rings. The first kappa shape index (κ1) is 102. The first-order chi connectivity index (χ1) is 71.7. The third-order valence-electron chi connectivity index (χ3n) is 27.9. The summed E-state index contributed by atoms with van der Waals surface area (Å²) in [6.45, 7) is 38.5. The van der Waals surface area contributed by atoms with Crippen LogP contribution in [0.15, 0.2) is 484 Å². The molecule has 1 atom stereocenters. The number of pyridine rings is 2. The molecule has 0 saturated heterocycles. The second-order valence-corrected chi connectivity index (χ2v) is 44.3. The zero-order valence-corrected chi connectivity index (χ0v) is 88.9. The normalized spacial score (nSPS) is 13.0. The maximum Gasteiger partial charge on any atom is 0.164 e. The van der Waals surface area contributed by atoms with Crippen LogP contribution in [0.2, 0.25) is 0 Å². The third-order valence-corrected chi connectivity index (χ3v) is 27.9. The molecular formula is C141H132N8. The van der Waals surface area contributed by atoms with Gasteiger partial charge in [0.1, 0.15) is 0 Å². The standard InChI is InChI=1S/C35H32N2.C31H27N3.2C27H25N.C21H23N/c1-34(2,3)26-17-19-28-27-18-16-25(20-29(27)35(4,5)30(28)21-26)33-36-31(23-12-8-6-9-13-23)22-32(37-33)24-14-10-7-11-15-24;1-31(2,3)27-16-10-15-26(21-27)30-33-28(24-13-8-5-9-14-24)32-29(34-30)25-19-17-23(18-20-25)22-11-6-4-7-12-22;1-27(2,3)24-16-10-15-22(17-24)23-18-25(20-11-6-4-7-12-20)28-26(19-23)21-13-8-5-9-14-21;1-27(2,3)24-16-14-20(15-17-24)23-18-25(21-10-6-4-7-11-21)28-26(19-23)22-12-8-5-9-13-22;1-21(2,3)18-14-19(16-10-6-4-7-11-16)22-20(15-18)17-12-8-5-9-13-17/h6-22H,1-5H3;4-21H,1-3H3;2*4-19H,1-3H3;4-14,20H,15H2,1-3H3. The van der Waals surface area contributed by atoms with Crippen LogP contribution in [0.1, 0.15) is 175 Å². The molecule has 1 unspecified atom stereocenters. The van der Waals surface area contributed by atoms with E-state index in [1.807, 2.05) is 72.8 Å². The highest BCUT2D eigenvalue weighted by molar-refractivity contribution is 6.10. The summed E-state index contributed by atoms with van der Waals surface area (Å²) in [5, 5.41) is 0. The van der Waals surface area contributed by atoms with Crippen molar-refractivity contribution in [2.24, 2.45) is 10.4 Å². The van der Waals surface area contributed by atoms with E-state index in [-0.39, 0.29) is 38.5 Å². The van der Waals surface area contributed by atoms with Gasteiger partial charge in [0.05, 0.1) is 45.9 Å². The van der Waals surface area contributed by atoms with Crippen LogP contribution in [-0.2, 0) is 27.1 Å². The van der Waals surface area contributed by atoms with Crippen molar-refractivity contribution in [2.45, 2.75) is 157 Å². The zero-order chi connectivity index (χ0) is 104. The number of nitrogens with zero attached hydrogens (tertiary/aromatic N) is 8. The molecule has 16 aromatic carbocycles. The molecule has 8 nitrogen and oxygen atoms in total. The number of dihydropyridines is 1. The fourth-order valence-electron chi connectivity index (χ4n) is 18.9. The summed E-state index contributed by atoms with van der Waals surface area (Å²) in [5.41, 5.74) is 40.0. The van der Waals surface area contributed by atoms with E-state index >= 15 is 0 Å². The lowest BCUT2D eigenvalue weighted by Gasteiger charge is -2.30. The fourth-order valence-corrected chi connectivity index (χ4v) is 18.9. The molecule has 149 heavy (non-hydrogen) atoms. The summed E-state index contributed by atoms with van der Waals surface area (Å²) in [7, 11) is 0. The largest absolute Gasteiger partial charge is 0.276 e. The van der Waals surface area contributed by atoms with Gasteiger partial charge in [-0.15, -0.1) is 0 Å². The average Bonchev–Trinajstić information content (AvgIpc) is 1.57. The maximum atomic E-state index is 5.06. The van der Waals surface area contributed by atoms with Crippen molar-refractivity contribution in [3.63, 3.8) is 0 Å². The first-order valence-corrected chi connectivity index (χ1v) is 52.0. The van der Waals surface area contributed by atoms with E-state index < -0.39 is 0 Å². The Labute approximate surface area is 882 Å². The van der Waals surface area contributed by atoms with E-state index in [0.29, 0.717) is 17.5 Å². The van der Waals surface area contributed by atoms with Crippen LogP contribution < -0.4 is 0 Å². The molecule has 1 aliphatic heterocycles. The molecule has 0 radical (unpaired) electrons. The van der Waals surface area contributed by atoms with E-state index in [0.717, 1.165) is 108 Å². The summed E-state index contributed by atoms with van der Waals surface area (Å²) >= 11 is 0. The van der Waals surface area contributed by atoms with Gasteiger partial charge in [-0.25, -0.2) is 34.9 Å². The van der Waals surface area contributed by atoms with Crippen molar-refractivity contribution in [3.8, 4) is 158 Å². The second-order valence-electron chi connectivity index (χ2n) is 44.3. The van der Waals surface area contributed by atoms with Gasteiger partial charge in [0.2, 0.25) is 0 Å². The van der Waals surface area contributed by atoms with Gasteiger partial charge < -0.3 is 0 Å². The maximum absolute atomic E-state index is 5.06. The minimum absolute atomic E-state index is 0.0431. The van der Waals surface area contributed by atoms with Crippen LogP contribution in [0.4, 0.5) is 0 Å². The molecule has 0 saturated carbocycles. The topological polar surface area (TPSA) is 103 Å². The van der Waals surface area contributed by atoms with Crippen molar-refractivity contribution in [1.29, 1.82) is 0 Å². The molecule has 2 aliphatic rings. The van der Waals surface area contributed by atoms with Crippen molar-refractivity contribution < 1.29 is 0 Å². The number of fused-ring (bicyclic) bond motifs is 3. The van der Waals surface area contributed by atoms with Gasteiger partial charge in [-0.1, -0.05) is 548 Å². The Kier molecular flexibility index (Phi) is 30.7. The molecular weight excluding hydrogens is 1810 g/mol. The van der Waals surface area contributed by atoms with Crippen LogP contribution in [0.5, 0.6) is 0 Å². The van der Waals surface area contributed by atoms with Gasteiger partial charge in [0.15, 0.2) is 23.3 Å². The SMILES string of the molecule is CC(C)(C)C1=CC(c2ccccc2)=NC(c2ccccc2)C1.CC(C)(C)c1ccc(-c2cc(-c3ccccc3)nc(-c3ccccc3)c2)cc1.CC(C)(C)c1ccc2c(c1)C(C)(C)c1cc(-c3nc(-c4ccccc4)cc(-c4ccccc4)n3)ccc1-2.CC(C)(C)c1cccc(-c2cc(-c3ccccc3)nc(-c3ccccc3)c2)c1.CC(C)(C)c1cccc(-c2nc(-c3ccccc3)nc(-c3ccc(-c4ccccc4)cc3)n2)c1. The van der Waals surface area contributed by atoms with Crippen molar-refractivity contribution in [3.05, 3.63) is 523 Å². The number of allylic oxidation sites excluding steroid dienone is 1. The Bertz CT molecular complexity index is 7850. The van der Waals surface area contributed by atoms with Crippen LogP contribution in [0, 0.1) is 5.41 Å². The lowest BCUT2D eigenvalue weighted by Crippen LogP contribution is -2.18. The van der Waals surface area contributed by atoms with E-state index in [1.54, 1.807) is 0 Å². The summed E-state index contributed by atoms with van der Waals surface area (Å²) in [5.74, 6) is 2.78. The van der Waals surface area contributed by atoms with Crippen molar-refractivity contribution >= 4 is 5.71 Å². The molecule has 0 N–H and O–H groups in total. The van der Waals surface area contributed by atoms with Gasteiger partial charge in [-0.3, -0.25) is 4.99 Å². The second kappa shape index (κ2) is 44.7. The molecule has 736 valence electrons. The van der Waals surface area contributed by atoms with E-state index in [2.05, 4.69) is 518 Å². The molecule has 0 bridgehead atoms. The molecule has 0 spiro atoms. The van der Waals surface area contributed by atoms with Gasteiger partial charge >= 0.3 is 0 Å². The highest BCUT2D eigenvalue weighted by Gasteiger charge is 2.37. The molecule has 5 heterocycles. The molecule has 0 amide bonds. The number of benzene rings is 16. The smallest absolute Gasteiger partial charge is 0.164 e. The Morgan fingerprint density at radius 3 is 0.866 bits per heavy atom. The summed E-state index contributed by atoms with van der Waals surface area (Å²) < 4.78 is 0. The van der Waals surface area contributed by atoms with Gasteiger partial charge in [0.25, 0.3) is 0 Å². The van der Waals surface area contributed by atoms with Crippen molar-refractivity contribution in [1.82, 2.24) is 34.9 Å². The van der Waals surface area contributed by atoms with Crippen LogP contribution in [0.25, 0.3) is 158 Å². The van der Waals surface area contributed by atoms with Crippen LogP contribution in [-0.4, -0.2) is 40.6 Å². The molecule has 20 aromatic rings. The van der Waals surface area contributed by atoms with Gasteiger partial charge in [-0.2, -0.15) is 0 Å². The van der Waals surface area contributed by atoms with Crippen molar-refractivity contribution in [2.75, 3.05) is 0 Å². The lowest BCUT2D eigenvalue weighted by atomic mass is 9.79. The predicted octanol–water partition coefficient (Wildman–Crippen LogP) is 37.3. The lowest BCUT2D eigenvalue weighted by molar-refractivity contribution is 0.464. The molecule has 22 rings (SSSR count). The quantitative estimate of drug-likeness (QED) is 0.101. The Morgan fingerprint density at radius 1 is 0.195 bits per heavy atom. The highest BCUT2D eigenvalue weighted by atomic mass is 15.0. The zero-order valence-electron chi connectivity index (χ0n) is 88.9. The monoisotopic (exact) mass is 1940 g/mol. The molecule has 1 aliphatic carbocycles. The summed E-state index contributed by atoms with van der Waals surface area (Å²) in [6, 6.07) is 163. The number of aromatic nitrogens is 7. The number of aliphatic imine (C=N–C) groups is 1. The number of rotatable bonds is 15. The predicted molar refractivity (Wildman–Crippen MR) is 628 cm³/mol. The number of hydrogen-bond acceptors (Lipinski definition) is 8. The first-order valence-electron chi connectivity index (χ1n) is 52.0. The third kappa shape index (κ3) is 25.2. The minimum Gasteiger partial charge on any atom is -0.276 e. The molecule has 4 aromatic heterocycles. The Hall–Kier alpha value is -16.7. The van der Waals surface area contributed by atoms with Gasteiger partial charge in [0, 0.05) is 61.0 Å². The Morgan fingerprint density at radius 2 is 0.463 bits per heavy atom. The van der Waals surface area contributed by atoms with Crippen LogP contribution >= 0.6 is 0 Å². The fraction of sp³-hybridized carbons (Fsp3) is 0.177. The minimum atomic E-state index is -0.0960. The molecule has 8 heteroatoms. The summed E-state index contributed by atoms with van der Waals surface area (Å²) in [6.07, 6.45) is 3.29. The Balaban J connectivity index is 0.000000123. The number of hydrogen-bond donors (Lipinski definition) is 0.